The SMILES string of the molecule is O=C(CNC1=NCCN1)N1CCCCC1. The number of carbonyl (C=O) groups excluding carboxylic acids is 1. The van der Waals surface area contributed by atoms with Crippen LogP contribution in [0.25, 0.3) is 0 Å². The summed E-state index contributed by atoms with van der Waals surface area (Å²) in [6.45, 7) is 3.88. The Morgan fingerprint density at radius 2 is 2.20 bits per heavy atom. The number of rotatable bonds is 2. The first-order chi connectivity index (χ1) is 7.36. The first-order valence-electron chi connectivity index (χ1n) is 5.66. The van der Waals surface area contributed by atoms with Gasteiger partial charge in [0.15, 0.2) is 5.96 Å². The first kappa shape index (κ1) is 10.3. The van der Waals surface area contributed by atoms with E-state index < -0.39 is 0 Å². The molecular formula is C10H18N4O. The molecule has 0 aromatic heterocycles. The van der Waals surface area contributed by atoms with Gasteiger partial charge in [-0.15, -0.1) is 0 Å². The Labute approximate surface area is 89.9 Å². The van der Waals surface area contributed by atoms with Crippen LogP contribution in [0, 0.1) is 0 Å². The highest BCUT2D eigenvalue weighted by atomic mass is 16.2. The molecule has 0 aromatic carbocycles. The quantitative estimate of drug-likeness (QED) is 0.649. The lowest BCUT2D eigenvalue weighted by Gasteiger charge is -2.26. The van der Waals surface area contributed by atoms with Crippen molar-refractivity contribution >= 4 is 11.9 Å². The summed E-state index contributed by atoms with van der Waals surface area (Å²) in [5, 5.41) is 6.11. The number of carbonyl (C=O) groups is 1. The van der Waals surface area contributed by atoms with E-state index in [1.54, 1.807) is 0 Å². The van der Waals surface area contributed by atoms with Crippen LogP contribution in [0.4, 0.5) is 0 Å². The fraction of sp³-hybridized carbons (Fsp3) is 0.800. The topological polar surface area (TPSA) is 56.7 Å². The highest BCUT2D eigenvalue weighted by Crippen LogP contribution is 2.08. The highest BCUT2D eigenvalue weighted by molar-refractivity contribution is 5.87. The zero-order chi connectivity index (χ0) is 10.5. The van der Waals surface area contributed by atoms with Crippen LogP contribution in [0.15, 0.2) is 4.99 Å². The minimum Gasteiger partial charge on any atom is -0.355 e. The van der Waals surface area contributed by atoms with E-state index in [1.807, 2.05) is 4.90 Å². The molecule has 0 saturated carbocycles. The molecule has 0 atom stereocenters. The summed E-state index contributed by atoms with van der Waals surface area (Å²) < 4.78 is 0. The Hall–Kier alpha value is -1.26. The van der Waals surface area contributed by atoms with Gasteiger partial charge in [0.1, 0.15) is 0 Å². The Morgan fingerprint density at radius 3 is 2.87 bits per heavy atom. The summed E-state index contributed by atoms with van der Waals surface area (Å²) in [5.41, 5.74) is 0. The Bertz CT molecular complexity index is 258. The zero-order valence-electron chi connectivity index (χ0n) is 8.96. The molecule has 0 unspecified atom stereocenters. The average molecular weight is 210 g/mol. The van der Waals surface area contributed by atoms with Crippen molar-refractivity contribution in [2.24, 2.45) is 4.99 Å². The molecule has 2 rings (SSSR count). The van der Waals surface area contributed by atoms with Crippen molar-refractivity contribution in [3.8, 4) is 0 Å². The Kier molecular flexibility index (Phi) is 3.42. The minimum atomic E-state index is 0.186. The molecular weight excluding hydrogens is 192 g/mol. The molecule has 0 radical (unpaired) electrons. The van der Waals surface area contributed by atoms with Crippen LogP contribution in [0.3, 0.4) is 0 Å². The van der Waals surface area contributed by atoms with Crippen molar-refractivity contribution in [2.45, 2.75) is 19.3 Å². The van der Waals surface area contributed by atoms with Crippen molar-refractivity contribution in [3.05, 3.63) is 0 Å². The van der Waals surface area contributed by atoms with Gasteiger partial charge in [-0.3, -0.25) is 9.79 Å². The van der Waals surface area contributed by atoms with Gasteiger partial charge in [-0.2, -0.15) is 0 Å². The van der Waals surface area contributed by atoms with Gasteiger partial charge in [0, 0.05) is 19.6 Å². The van der Waals surface area contributed by atoms with E-state index in [9.17, 15) is 4.79 Å². The molecule has 0 spiro atoms. The number of likely N-dealkylation sites (tertiary alicyclic amines) is 1. The fourth-order valence-corrected chi connectivity index (χ4v) is 1.93. The van der Waals surface area contributed by atoms with Gasteiger partial charge in [-0.05, 0) is 19.3 Å². The third-order valence-electron chi connectivity index (χ3n) is 2.79. The lowest BCUT2D eigenvalue weighted by atomic mass is 10.1. The molecule has 84 valence electrons. The van der Waals surface area contributed by atoms with Crippen LogP contribution in [0.2, 0.25) is 0 Å². The summed E-state index contributed by atoms with van der Waals surface area (Å²) in [6, 6.07) is 0. The predicted molar refractivity (Wildman–Crippen MR) is 58.7 cm³/mol. The fourth-order valence-electron chi connectivity index (χ4n) is 1.93. The number of nitrogens with zero attached hydrogens (tertiary/aromatic N) is 2. The summed E-state index contributed by atoms with van der Waals surface area (Å²) in [5.74, 6) is 0.950. The lowest BCUT2D eigenvalue weighted by Crippen LogP contribution is -2.44. The summed E-state index contributed by atoms with van der Waals surface area (Å²) in [4.78, 5) is 17.8. The number of nitrogens with one attached hydrogen (secondary N) is 2. The van der Waals surface area contributed by atoms with Crippen LogP contribution in [0.1, 0.15) is 19.3 Å². The van der Waals surface area contributed by atoms with E-state index in [0.29, 0.717) is 6.54 Å². The second-order valence-electron chi connectivity index (χ2n) is 3.95. The highest BCUT2D eigenvalue weighted by Gasteiger charge is 2.16. The van der Waals surface area contributed by atoms with Crippen molar-refractivity contribution in [3.63, 3.8) is 0 Å². The largest absolute Gasteiger partial charge is 0.355 e. The number of piperidine rings is 1. The summed E-state index contributed by atoms with van der Waals surface area (Å²) in [7, 11) is 0. The van der Waals surface area contributed by atoms with Gasteiger partial charge in [-0.1, -0.05) is 0 Å². The molecule has 2 aliphatic rings. The maximum Gasteiger partial charge on any atom is 0.241 e. The molecule has 1 amide bonds. The molecule has 1 saturated heterocycles. The standard InChI is InChI=1S/C10H18N4O/c15-9(14-6-2-1-3-7-14)8-13-10-11-4-5-12-10/h1-8H2,(H2,11,12,13). The Balaban J connectivity index is 1.71. The van der Waals surface area contributed by atoms with Crippen molar-refractivity contribution < 1.29 is 4.79 Å². The Morgan fingerprint density at radius 1 is 1.40 bits per heavy atom. The maximum atomic E-state index is 11.7. The summed E-state index contributed by atoms with van der Waals surface area (Å²) >= 11 is 0. The smallest absolute Gasteiger partial charge is 0.241 e. The predicted octanol–water partition coefficient (Wildman–Crippen LogP) is -0.452. The van der Waals surface area contributed by atoms with E-state index in [2.05, 4.69) is 15.6 Å². The molecule has 2 aliphatic heterocycles. The van der Waals surface area contributed by atoms with Crippen LogP contribution >= 0.6 is 0 Å². The molecule has 1 fully saturated rings. The molecule has 0 aromatic rings. The number of hydrogen-bond donors (Lipinski definition) is 2. The molecule has 15 heavy (non-hydrogen) atoms. The maximum absolute atomic E-state index is 11.7. The monoisotopic (exact) mass is 210 g/mol. The van der Waals surface area contributed by atoms with E-state index >= 15 is 0 Å². The molecule has 0 aliphatic carbocycles. The van der Waals surface area contributed by atoms with Gasteiger partial charge < -0.3 is 15.5 Å². The van der Waals surface area contributed by atoms with Crippen LogP contribution in [-0.2, 0) is 4.79 Å². The molecule has 0 bridgehead atoms. The molecule has 2 N–H and O–H groups in total. The van der Waals surface area contributed by atoms with Gasteiger partial charge in [0.25, 0.3) is 0 Å². The van der Waals surface area contributed by atoms with E-state index in [1.165, 1.54) is 6.42 Å². The zero-order valence-corrected chi connectivity index (χ0v) is 8.96. The van der Waals surface area contributed by atoms with Crippen molar-refractivity contribution in [2.75, 3.05) is 32.7 Å². The van der Waals surface area contributed by atoms with Gasteiger partial charge in [0.05, 0.1) is 13.1 Å². The second-order valence-corrected chi connectivity index (χ2v) is 3.95. The van der Waals surface area contributed by atoms with Gasteiger partial charge in [0.2, 0.25) is 5.91 Å². The third-order valence-corrected chi connectivity index (χ3v) is 2.79. The van der Waals surface area contributed by atoms with E-state index in [0.717, 1.165) is 45.0 Å². The van der Waals surface area contributed by atoms with Gasteiger partial charge in [-0.25, -0.2) is 0 Å². The van der Waals surface area contributed by atoms with Gasteiger partial charge >= 0.3 is 0 Å². The van der Waals surface area contributed by atoms with Crippen LogP contribution in [0.5, 0.6) is 0 Å². The van der Waals surface area contributed by atoms with Crippen LogP contribution < -0.4 is 10.6 Å². The van der Waals surface area contributed by atoms with Crippen molar-refractivity contribution in [1.82, 2.24) is 15.5 Å². The second kappa shape index (κ2) is 5.00. The average Bonchev–Trinajstić information content (AvgIpc) is 2.80. The first-order valence-corrected chi connectivity index (χ1v) is 5.66. The molecule has 5 nitrogen and oxygen atoms in total. The van der Waals surface area contributed by atoms with E-state index in [4.69, 9.17) is 0 Å². The number of hydrogen-bond acceptors (Lipinski definition) is 4. The third kappa shape index (κ3) is 2.84. The lowest BCUT2D eigenvalue weighted by molar-refractivity contribution is -0.130. The number of amides is 1. The number of guanidine groups is 1. The number of aliphatic imine (C=N–C) groups is 1. The van der Waals surface area contributed by atoms with E-state index in [-0.39, 0.29) is 5.91 Å². The minimum absolute atomic E-state index is 0.186. The van der Waals surface area contributed by atoms with Crippen molar-refractivity contribution in [1.29, 1.82) is 0 Å². The normalized spacial score (nSPS) is 20.8. The molecule has 5 heteroatoms. The van der Waals surface area contributed by atoms with Crippen LogP contribution in [-0.4, -0.2) is 49.5 Å². The molecule has 2 heterocycles. The summed E-state index contributed by atoms with van der Waals surface area (Å²) in [6.07, 6.45) is 3.54.